The molecule has 0 N–H and O–H groups in total. The Morgan fingerprint density at radius 3 is 2.15 bits per heavy atom. The number of rotatable bonds is 1. The molecule has 2 aromatic heterocycles. The highest BCUT2D eigenvalue weighted by atomic mass is 15.2. The third-order valence-corrected chi connectivity index (χ3v) is 5.38. The Bertz CT molecular complexity index is 1470. The van der Waals surface area contributed by atoms with Crippen molar-refractivity contribution in [1.29, 1.82) is 0 Å². The first-order valence-corrected chi connectivity index (χ1v) is 9.17. The van der Waals surface area contributed by atoms with Crippen molar-refractivity contribution in [3.05, 3.63) is 97.1 Å². The molecule has 27 heavy (non-hydrogen) atoms. The first kappa shape index (κ1) is 14.5. The van der Waals surface area contributed by atoms with Crippen molar-refractivity contribution in [3.63, 3.8) is 0 Å². The molecule has 6 rings (SSSR count). The summed E-state index contributed by atoms with van der Waals surface area (Å²) in [7, 11) is 0. The molecule has 0 atom stereocenters. The Morgan fingerprint density at radius 1 is 0.556 bits per heavy atom. The minimum atomic E-state index is 1.01. The van der Waals surface area contributed by atoms with Gasteiger partial charge in [0.05, 0.1) is 16.7 Å². The maximum Gasteiger partial charge on any atom is 0.0940 e. The van der Waals surface area contributed by atoms with Crippen LogP contribution in [0.4, 0.5) is 0 Å². The highest BCUT2D eigenvalue weighted by Crippen LogP contribution is 2.35. The van der Waals surface area contributed by atoms with Crippen LogP contribution in [0.2, 0.25) is 0 Å². The molecular weight excluding hydrogens is 328 g/mol. The van der Waals surface area contributed by atoms with Crippen LogP contribution in [-0.2, 0) is 0 Å². The van der Waals surface area contributed by atoms with Gasteiger partial charge < -0.3 is 0 Å². The second kappa shape index (κ2) is 5.42. The van der Waals surface area contributed by atoms with E-state index in [1.54, 1.807) is 0 Å². The molecule has 6 aromatic rings. The fraction of sp³-hybridized carbons (Fsp3) is 0. The molecule has 2 nitrogen and oxygen atoms in total. The lowest BCUT2D eigenvalue weighted by Gasteiger charge is -2.08. The molecule has 2 heteroatoms. The van der Waals surface area contributed by atoms with Crippen LogP contribution in [0.1, 0.15) is 0 Å². The number of nitrogens with zero attached hydrogens (tertiary/aromatic N) is 2. The van der Waals surface area contributed by atoms with Crippen molar-refractivity contribution in [3.8, 4) is 11.3 Å². The average Bonchev–Trinajstić information content (AvgIpc) is 3.18. The summed E-state index contributed by atoms with van der Waals surface area (Å²) in [6.07, 6.45) is 0. The zero-order valence-corrected chi connectivity index (χ0v) is 14.6. The van der Waals surface area contributed by atoms with E-state index >= 15 is 0 Å². The zero-order chi connectivity index (χ0) is 17.8. The minimum Gasteiger partial charge on any atom is -0.232 e. The van der Waals surface area contributed by atoms with Gasteiger partial charge in [0.1, 0.15) is 0 Å². The van der Waals surface area contributed by atoms with Crippen LogP contribution in [0, 0.1) is 0 Å². The normalized spacial score (nSPS) is 11.7. The first-order valence-electron chi connectivity index (χ1n) is 9.17. The fourth-order valence-electron chi connectivity index (χ4n) is 4.10. The highest BCUT2D eigenvalue weighted by molar-refractivity contribution is 6.13. The number of para-hydroxylation sites is 1. The van der Waals surface area contributed by atoms with E-state index in [-0.39, 0.29) is 0 Å². The van der Waals surface area contributed by atoms with Gasteiger partial charge in [0.2, 0.25) is 0 Å². The van der Waals surface area contributed by atoms with E-state index in [1.165, 1.54) is 32.5 Å². The molecule has 0 saturated carbocycles. The summed E-state index contributed by atoms with van der Waals surface area (Å²) < 4.78 is 2.05. The second-order valence-electron chi connectivity index (χ2n) is 6.95. The van der Waals surface area contributed by atoms with Gasteiger partial charge in [-0.15, -0.1) is 0 Å². The molecule has 0 amide bonds. The smallest absolute Gasteiger partial charge is 0.0940 e. The first-order chi connectivity index (χ1) is 13.4. The molecule has 2 heterocycles. The SMILES string of the molecule is c1ccc2c(c1)cc(-c1cc3ccc4ccccc4n3n1)c1ccccc12. The van der Waals surface area contributed by atoms with E-state index in [9.17, 15) is 0 Å². The lowest BCUT2D eigenvalue weighted by atomic mass is 9.96. The van der Waals surface area contributed by atoms with Crippen LogP contribution >= 0.6 is 0 Å². The molecule has 0 unspecified atom stereocenters. The maximum atomic E-state index is 4.98. The van der Waals surface area contributed by atoms with E-state index in [0.29, 0.717) is 0 Å². The summed E-state index contributed by atoms with van der Waals surface area (Å²) in [5.41, 5.74) is 4.43. The number of aromatic nitrogens is 2. The van der Waals surface area contributed by atoms with Crippen molar-refractivity contribution >= 4 is 38.0 Å². The van der Waals surface area contributed by atoms with Crippen molar-refractivity contribution in [1.82, 2.24) is 9.61 Å². The molecule has 0 fully saturated rings. The van der Waals surface area contributed by atoms with E-state index in [0.717, 1.165) is 16.7 Å². The molecule has 0 radical (unpaired) electrons. The molecule has 0 saturated heterocycles. The van der Waals surface area contributed by atoms with Crippen LogP contribution in [0.25, 0.3) is 49.2 Å². The topological polar surface area (TPSA) is 17.3 Å². The summed E-state index contributed by atoms with van der Waals surface area (Å²) in [6.45, 7) is 0. The third-order valence-electron chi connectivity index (χ3n) is 5.38. The fourth-order valence-corrected chi connectivity index (χ4v) is 4.10. The molecule has 0 aliphatic rings. The predicted octanol–water partition coefficient (Wildman–Crippen LogP) is 6.46. The monoisotopic (exact) mass is 344 g/mol. The lowest BCUT2D eigenvalue weighted by molar-refractivity contribution is 1.01. The van der Waals surface area contributed by atoms with Crippen LogP contribution in [0.5, 0.6) is 0 Å². The lowest BCUT2D eigenvalue weighted by Crippen LogP contribution is -1.90. The van der Waals surface area contributed by atoms with Gasteiger partial charge in [-0.3, -0.25) is 0 Å². The molecule has 0 aliphatic carbocycles. The average molecular weight is 344 g/mol. The number of pyridine rings is 1. The summed E-state index contributed by atoms with van der Waals surface area (Å²) in [4.78, 5) is 0. The molecule has 0 aliphatic heterocycles. The van der Waals surface area contributed by atoms with Gasteiger partial charge >= 0.3 is 0 Å². The van der Waals surface area contributed by atoms with Gasteiger partial charge in [0, 0.05) is 10.9 Å². The Balaban J connectivity index is 1.73. The zero-order valence-electron chi connectivity index (χ0n) is 14.6. The number of hydrogen-bond acceptors (Lipinski definition) is 1. The Kier molecular flexibility index (Phi) is 2.91. The number of hydrogen-bond donors (Lipinski definition) is 0. The van der Waals surface area contributed by atoms with E-state index in [4.69, 9.17) is 5.10 Å². The van der Waals surface area contributed by atoms with E-state index in [2.05, 4.69) is 102 Å². The van der Waals surface area contributed by atoms with Crippen LogP contribution in [0.3, 0.4) is 0 Å². The van der Waals surface area contributed by atoms with Gasteiger partial charge in [-0.25, -0.2) is 4.52 Å². The molecule has 0 bridgehead atoms. The largest absolute Gasteiger partial charge is 0.232 e. The van der Waals surface area contributed by atoms with Gasteiger partial charge in [0.15, 0.2) is 0 Å². The summed E-state index contributed by atoms with van der Waals surface area (Å²) in [6, 6.07) is 34.3. The van der Waals surface area contributed by atoms with Gasteiger partial charge in [-0.2, -0.15) is 5.10 Å². The summed E-state index contributed by atoms with van der Waals surface area (Å²) in [5, 5.41) is 11.2. The summed E-state index contributed by atoms with van der Waals surface area (Å²) in [5.74, 6) is 0. The van der Waals surface area contributed by atoms with Crippen LogP contribution in [-0.4, -0.2) is 9.61 Å². The van der Waals surface area contributed by atoms with E-state index in [1.807, 2.05) is 0 Å². The maximum absolute atomic E-state index is 4.98. The molecular formula is C25H16N2. The minimum absolute atomic E-state index is 1.01. The molecule has 0 spiro atoms. The van der Waals surface area contributed by atoms with Gasteiger partial charge in [0.25, 0.3) is 0 Å². The highest BCUT2D eigenvalue weighted by Gasteiger charge is 2.12. The van der Waals surface area contributed by atoms with E-state index < -0.39 is 0 Å². The Morgan fingerprint density at radius 2 is 1.26 bits per heavy atom. The summed E-state index contributed by atoms with van der Waals surface area (Å²) >= 11 is 0. The van der Waals surface area contributed by atoms with Crippen molar-refractivity contribution in [2.24, 2.45) is 0 Å². The van der Waals surface area contributed by atoms with Gasteiger partial charge in [-0.05, 0) is 45.8 Å². The Hall–Kier alpha value is -3.65. The van der Waals surface area contributed by atoms with Crippen LogP contribution < -0.4 is 0 Å². The van der Waals surface area contributed by atoms with Crippen LogP contribution in [0.15, 0.2) is 97.1 Å². The molecule has 126 valence electrons. The predicted molar refractivity (Wildman–Crippen MR) is 113 cm³/mol. The second-order valence-corrected chi connectivity index (χ2v) is 6.95. The van der Waals surface area contributed by atoms with Gasteiger partial charge in [-0.1, -0.05) is 72.8 Å². The number of benzene rings is 4. The number of fused-ring (bicyclic) bond motifs is 6. The quantitative estimate of drug-likeness (QED) is 0.313. The van der Waals surface area contributed by atoms with Crippen molar-refractivity contribution < 1.29 is 0 Å². The van der Waals surface area contributed by atoms with Crippen molar-refractivity contribution in [2.75, 3.05) is 0 Å². The standard InChI is InChI=1S/C25H16N2/c1-3-9-20-18(8-1)15-23(22-11-5-4-10-21(20)22)24-16-19-14-13-17-7-2-6-12-25(17)27(19)26-24/h1-16H. The van der Waals surface area contributed by atoms with Crippen molar-refractivity contribution in [2.45, 2.75) is 0 Å². The third kappa shape index (κ3) is 2.10. The molecule has 4 aromatic carbocycles. The Labute approximate surface area is 156 Å².